The molecule has 2 amide bonds. The SMILES string of the molecule is CC1CCCCN1C(=O)CN1CCN(C(=O)c2ccc(Br)cc2)CC1. The summed E-state index contributed by atoms with van der Waals surface area (Å²) < 4.78 is 0.972. The van der Waals surface area contributed by atoms with E-state index in [9.17, 15) is 9.59 Å². The van der Waals surface area contributed by atoms with E-state index in [2.05, 4.69) is 27.8 Å². The third-order valence-electron chi connectivity index (χ3n) is 5.23. The highest BCUT2D eigenvalue weighted by Crippen LogP contribution is 2.17. The zero-order valence-electron chi connectivity index (χ0n) is 14.8. The molecule has 1 aromatic carbocycles. The van der Waals surface area contributed by atoms with E-state index in [1.165, 1.54) is 6.42 Å². The van der Waals surface area contributed by atoms with Gasteiger partial charge in [0.25, 0.3) is 5.91 Å². The molecule has 2 aliphatic rings. The molecule has 1 atom stereocenters. The van der Waals surface area contributed by atoms with Gasteiger partial charge in [0.05, 0.1) is 6.54 Å². The second-order valence-corrected chi connectivity index (χ2v) is 7.92. The van der Waals surface area contributed by atoms with Gasteiger partial charge in [-0.3, -0.25) is 14.5 Å². The number of benzene rings is 1. The number of amides is 2. The quantitative estimate of drug-likeness (QED) is 0.773. The molecule has 0 aliphatic carbocycles. The number of hydrogen-bond acceptors (Lipinski definition) is 3. The molecular formula is C19H26BrN3O2. The Labute approximate surface area is 158 Å². The summed E-state index contributed by atoms with van der Waals surface area (Å²) in [5, 5.41) is 0. The lowest BCUT2D eigenvalue weighted by Gasteiger charge is -2.38. The minimum Gasteiger partial charge on any atom is -0.339 e. The van der Waals surface area contributed by atoms with Gasteiger partial charge in [-0.15, -0.1) is 0 Å². The summed E-state index contributed by atoms with van der Waals surface area (Å²) in [7, 11) is 0. The Bertz CT molecular complexity index is 612. The van der Waals surface area contributed by atoms with Crippen molar-refractivity contribution in [1.82, 2.24) is 14.7 Å². The van der Waals surface area contributed by atoms with Crippen LogP contribution in [0.25, 0.3) is 0 Å². The molecule has 2 aliphatic heterocycles. The van der Waals surface area contributed by atoms with Crippen molar-refractivity contribution in [3.8, 4) is 0 Å². The number of hydrogen-bond donors (Lipinski definition) is 0. The molecule has 0 spiro atoms. The van der Waals surface area contributed by atoms with Crippen molar-refractivity contribution in [2.75, 3.05) is 39.3 Å². The topological polar surface area (TPSA) is 43.9 Å². The molecule has 1 unspecified atom stereocenters. The van der Waals surface area contributed by atoms with Gasteiger partial charge in [0.2, 0.25) is 5.91 Å². The predicted molar refractivity (Wildman–Crippen MR) is 102 cm³/mol. The molecule has 3 rings (SSSR count). The zero-order chi connectivity index (χ0) is 17.8. The maximum atomic E-state index is 12.5. The van der Waals surface area contributed by atoms with Crippen LogP contribution in [0.5, 0.6) is 0 Å². The summed E-state index contributed by atoms with van der Waals surface area (Å²) in [5.74, 6) is 0.308. The number of likely N-dealkylation sites (tertiary alicyclic amines) is 1. The molecule has 0 radical (unpaired) electrons. The van der Waals surface area contributed by atoms with E-state index in [1.54, 1.807) is 0 Å². The second kappa shape index (κ2) is 8.32. The van der Waals surface area contributed by atoms with Crippen LogP contribution in [0.4, 0.5) is 0 Å². The molecule has 136 valence electrons. The molecule has 2 heterocycles. The van der Waals surface area contributed by atoms with E-state index >= 15 is 0 Å². The van der Waals surface area contributed by atoms with Gasteiger partial charge in [-0.1, -0.05) is 15.9 Å². The standard InChI is InChI=1S/C19H26BrN3O2/c1-15-4-2-3-9-23(15)18(24)14-21-10-12-22(13-11-21)19(25)16-5-7-17(20)8-6-16/h5-8,15H,2-4,9-14H2,1H3. The number of piperazine rings is 1. The number of nitrogens with zero attached hydrogens (tertiary/aromatic N) is 3. The van der Waals surface area contributed by atoms with E-state index in [4.69, 9.17) is 0 Å². The number of rotatable bonds is 3. The van der Waals surface area contributed by atoms with Gasteiger partial charge < -0.3 is 9.80 Å². The molecule has 6 heteroatoms. The summed E-state index contributed by atoms with van der Waals surface area (Å²) in [6.45, 7) is 6.39. The highest BCUT2D eigenvalue weighted by atomic mass is 79.9. The van der Waals surface area contributed by atoms with Crippen molar-refractivity contribution < 1.29 is 9.59 Å². The van der Waals surface area contributed by atoms with Crippen molar-refractivity contribution in [2.45, 2.75) is 32.2 Å². The summed E-state index contributed by atoms with van der Waals surface area (Å²) in [4.78, 5) is 31.2. The Morgan fingerprint density at radius 1 is 1.04 bits per heavy atom. The monoisotopic (exact) mass is 407 g/mol. The fourth-order valence-electron chi connectivity index (χ4n) is 3.63. The third-order valence-corrected chi connectivity index (χ3v) is 5.76. The van der Waals surface area contributed by atoms with Crippen LogP contribution in [0, 0.1) is 0 Å². The Kier molecular flexibility index (Phi) is 6.12. The van der Waals surface area contributed by atoms with Crippen molar-refractivity contribution in [3.05, 3.63) is 34.3 Å². The van der Waals surface area contributed by atoms with E-state index in [-0.39, 0.29) is 11.8 Å². The van der Waals surface area contributed by atoms with Crippen LogP contribution in [0.15, 0.2) is 28.7 Å². The van der Waals surface area contributed by atoms with Crippen molar-refractivity contribution in [2.24, 2.45) is 0 Å². The number of carbonyl (C=O) groups excluding carboxylic acids is 2. The largest absolute Gasteiger partial charge is 0.339 e. The number of halogens is 1. The lowest BCUT2D eigenvalue weighted by molar-refractivity contribution is -0.136. The molecule has 5 nitrogen and oxygen atoms in total. The molecule has 0 bridgehead atoms. The summed E-state index contributed by atoms with van der Waals surface area (Å²) in [6, 6.07) is 7.84. The molecule has 0 saturated carbocycles. The fraction of sp³-hybridized carbons (Fsp3) is 0.579. The summed E-state index contributed by atoms with van der Waals surface area (Å²) in [5.41, 5.74) is 0.717. The first-order valence-electron chi connectivity index (χ1n) is 9.11. The fourth-order valence-corrected chi connectivity index (χ4v) is 3.90. The van der Waals surface area contributed by atoms with Crippen LogP contribution in [0.2, 0.25) is 0 Å². The molecule has 0 aromatic heterocycles. The van der Waals surface area contributed by atoms with Crippen LogP contribution in [-0.4, -0.2) is 71.8 Å². The summed E-state index contributed by atoms with van der Waals surface area (Å²) >= 11 is 3.39. The predicted octanol–water partition coefficient (Wildman–Crippen LogP) is 2.61. The first-order valence-corrected chi connectivity index (χ1v) is 9.90. The van der Waals surface area contributed by atoms with E-state index in [1.807, 2.05) is 34.1 Å². The minimum atomic E-state index is 0.0723. The Morgan fingerprint density at radius 3 is 2.36 bits per heavy atom. The zero-order valence-corrected chi connectivity index (χ0v) is 16.4. The first-order chi connectivity index (χ1) is 12.0. The molecule has 1 aromatic rings. The molecular weight excluding hydrogens is 382 g/mol. The molecule has 0 N–H and O–H groups in total. The van der Waals surface area contributed by atoms with Gasteiger partial charge in [-0.25, -0.2) is 0 Å². The van der Waals surface area contributed by atoms with Gasteiger partial charge in [-0.05, 0) is 50.5 Å². The average molecular weight is 408 g/mol. The minimum absolute atomic E-state index is 0.0723. The van der Waals surface area contributed by atoms with Crippen molar-refractivity contribution in [3.63, 3.8) is 0 Å². The van der Waals surface area contributed by atoms with Crippen LogP contribution in [-0.2, 0) is 4.79 Å². The lowest BCUT2D eigenvalue weighted by atomic mass is 10.0. The van der Waals surface area contributed by atoms with Gasteiger partial charge in [0.1, 0.15) is 0 Å². The Morgan fingerprint density at radius 2 is 1.72 bits per heavy atom. The number of carbonyl (C=O) groups is 2. The molecule has 2 fully saturated rings. The Hall–Kier alpha value is -1.40. The molecule has 2 saturated heterocycles. The average Bonchev–Trinajstić information content (AvgIpc) is 2.63. The van der Waals surface area contributed by atoms with Crippen molar-refractivity contribution >= 4 is 27.7 Å². The van der Waals surface area contributed by atoms with E-state index < -0.39 is 0 Å². The van der Waals surface area contributed by atoms with Crippen LogP contribution < -0.4 is 0 Å². The smallest absolute Gasteiger partial charge is 0.253 e. The highest BCUT2D eigenvalue weighted by Gasteiger charge is 2.27. The van der Waals surface area contributed by atoms with Gasteiger partial charge >= 0.3 is 0 Å². The second-order valence-electron chi connectivity index (χ2n) is 7.01. The Balaban J connectivity index is 1.49. The normalized spacial score (nSPS) is 22.1. The third kappa shape index (κ3) is 4.61. The van der Waals surface area contributed by atoms with Crippen LogP contribution >= 0.6 is 15.9 Å². The van der Waals surface area contributed by atoms with E-state index in [0.717, 1.165) is 42.5 Å². The molecule has 25 heavy (non-hydrogen) atoms. The maximum Gasteiger partial charge on any atom is 0.253 e. The van der Waals surface area contributed by atoms with Crippen LogP contribution in [0.1, 0.15) is 36.5 Å². The number of piperidine rings is 1. The van der Waals surface area contributed by atoms with Gasteiger partial charge in [-0.2, -0.15) is 0 Å². The first kappa shape index (κ1) is 18.4. The lowest BCUT2D eigenvalue weighted by Crippen LogP contribution is -2.53. The van der Waals surface area contributed by atoms with Gasteiger partial charge in [0, 0.05) is 48.8 Å². The summed E-state index contributed by atoms with van der Waals surface area (Å²) in [6.07, 6.45) is 3.45. The maximum absolute atomic E-state index is 12.5. The van der Waals surface area contributed by atoms with Crippen LogP contribution in [0.3, 0.4) is 0 Å². The van der Waals surface area contributed by atoms with Gasteiger partial charge in [0.15, 0.2) is 0 Å². The van der Waals surface area contributed by atoms with Crippen molar-refractivity contribution in [1.29, 1.82) is 0 Å². The van der Waals surface area contributed by atoms with E-state index in [0.29, 0.717) is 25.7 Å². The highest BCUT2D eigenvalue weighted by molar-refractivity contribution is 9.10.